The summed E-state index contributed by atoms with van der Waals surface area (Å²) in [7, 11) is 0. The van der Waals surface area contributed by atoms with E-state index in [1.807, 2.05) is 0 Å². The molecule has 0 spiro atoms. The van der Waals surface area contributed by atoms with E-state index in [1.54, 1.807) is 13.8 Å². The highest BCUT2D eigenvalue weighted by Crippen LogP contribution is 2.26. The van der Waals surface area contributed by atoms with Crippen molar-refractivity contribution in [2.24, 2.45) is 5.92 Å². The predicted molar refractivity (Wildman–Crippen MR) is 54.2 cm³/mol. The molecule has 0 amide bonds. The minimum atomic E-state index is -1.58. The molecule has 0 aliphatic heterocycles. The van der Waals surface area contributed by atoms with Crippen LogP contribution in [0.15, 0.2) is 0 Å². The van der Waals surface area contributed by atoms with Crippen LogP contribution in [0.2, 0.25) is 0 Å². The van der Waals surface area contributed by atoms with Gasteiger partial charge in [-0.3, -0.25) is 0 Å². The first kappa shape index (κ1) is 13.0. The molecule has 0 radical (unpaired) electrons. The Labute approximate surface area is 92.3 Å². The van der Waals surface area contributed by atoms with Gasteiger partial charge in [-0.05, 0) is 18.8 Å². The van der Waals surface area contributed by atoms with Gasteiger partial charge in [-0.25, -0.2) is 17.6 Å². The van der Waals surface area contributed by atoms with E-state index in [-0.39, 0.29) is 29.9 Å². The fourth-order valence-electron chi connectivity index (χ4n) is 1.63. The van der Waals surface area contributed by atoms with Crippen LogP contribution in [-0.2, 0) is 12.8 Å². The van der Waals surface area contributed by atoms with Gasteiger partial charge in [0.05, 0.1) is 0 Å². The monoisotopic (exact) mass is 234 g/mol. The molecule has 0 atom stereocenters. The van der Waals surface area contributed by atoms with Crippen molar-refractivity contribution in [3.8, 4) is 0 Å². The van der Waals surface area contributed by atoms with E-state index in [4.69, 9.17) is 0 Å². The van der Waals surface area contributed by atoms with Crippen molar-refractivity contribution in [3.05, 3.63) is 34.4 Å². The van der Waals surface area contributed by atoms with Crippen LogP contribution in [0.4, 0.5) is 17.6 Å². The quantitative estimate of drug-likeness (QED) is 0.421. The van der Waals surface area contributed by atoms with Gasteiger partial charge in [-0.1, -0.05) is 20.8 Å². The Morgan fingerprint density at radius 3 is 1.75 bits per heavy atom. The average molecular weight is 234 g/mol. The molecule has 4 heteroatoms. The number of benzene rings is 1. The standard InChI is InChI=1S/C12H14F4/c1-4-7-9(13)8(5-6(2)3)11(15)12(16)10(7)14/h6H,4-5H2,1-3H3. The van der Waals surface area contributed by atoms with E-state index >= 15 is 0 Å². The molecule has 0 N–H and O–H groups in total. The summed E-state index contributed by atoms with van der Waals surface area (Å²) in [6.45, 7) is 5.01. The summed E-state index contributed by atoms with van der Waals surface area (Å²) in [5, 5.41) is 0. The summed E-state index contributed by atoms with van der Waals surface area (Å²) in [5.41, 5.74) is -0.736. The smallest absolute Gasteiger partial charge is 0.195 e. The lowest BCUT2D eigenvalue weighted by molar-refractivity contribution is 0.410. The highest BCUT2D eigenvalue weighted by Gasteiger charge is 2.24. The molecule has 0 heterocycles. The van der Waals surface area contributed by atoms with Crippen molar-refractivity contribution in [2.45, 2.75) is 33.6 Å². The highest BCUT2D eigenvalue weighted by atomic mass is 19.2. The Balaban J connectivity index is 3.43. The van der Waals surface area contributed by atoms with E-state index in [2.05, 4.69) is 0 Å². The zero-order chi connectivity index (χ0) is 12.5. The molecular formula is C12H14F4. The summed E-state index contributed by atoms with van der Waals surface area (Å²) in [6, 6.07) is 0. The van der Waals surface area contributed by atoms with Crippen LogP contribution in [0.3, 0.4) is 0 Å². The fourth-order valence-corrected chi connectivity index (χ4v) is 1.63. The topological polar surface area (TPSA) is 0 Å². The molecule has 1 aromatic rings. The maximum absolute atomic E-state index is 13.7. The van der Waals surface area contributed by atoms with Crippen molar-refractivity contribution < 1.29 is 17.6 Å². The van der Waals surface area contributed by atoms with Gasteiger partial charge >= 0.3 is 0 Å². The highest BCUT2D eigenvalue weighted by molar-refractivity contribution is 5.30. The zero-order valence-electron chi connectivity index (χ0n) is 9.50. The van der Waals surface area contributed by atoms with E-state index in [0.29, 0.717) is 0 Å². The SMILES string of the molecule is CCc1c(F)c(F)c(F)c(CC(C)C)c1F. The lowest BCUT2D eigenvalue weighted by Gasteiger charge is -2.12. The Morgan fingerprint density at radius 2 is 1.31 bits per heavy atom. The molecule has 0 unspecified atom stereocenters. The molecule has 1 rings (SSSR count). The van der Waals surface area contributed by atoms with Crippen LogP contribution in [0.25, 0.3) is 0 Å². The van der Waals surface area contributed by atoms with E-state index in [1.165, 1.54) is 6.92 Å². The third-order valence-corrected chi connectivity index (χ3v) is 2.41. The summed E-state index contributed by atoms with van der Waals surface area (Å²) >= 11 is 0. The molecule has 0 aliphatic carbocycles. The molecule has 90 valence electrons. The lowest BCUT2D eigenvalue weighted by Crippen LogP contribution is -2.10. The minimum absolute atomic E-state index is 0.0000378. The number of halogens is 4. The van der Waals surface area contributed by atoms with Gasteiger partial charge < -0.3 is 0 Å². The van der Waals surface area contributed by atoms with Crippen LogP contribution in [0.1, 0.15) is 31.9 Å². The van der Waals surface area contributed by atoms with Crippen LogP contribution in [0.5, 0.6) is 0 Å². The minimum Gasteiger partial charge on any atom is -0.206 e. The van der Waals surface area contributed by atoms with Gasteiger partial charge in [0.1, 0.15) is 5.82 Å². The molecule has 16 heavy (non-hydrogen) atoms. The van der Waals surface area contributed by atoms with Crippen molar-refractivity contribution in [2.75, 3.05) is 0 Å². The summed E-state index contributed by atoms with van der Waals surface area (Å²) in [5.74, 6) is -5.37. The second kappa shape index (κ2) is 4.85. The third-order valence-electron chi connectivity index (χ3n) is 2.41. The van der Waals surface area contributed by atoms with Gasteiger partial charge in [-0.15, -0.1) is 0 Å². The summed E-state index contributed by atoms with van der Waals surface area (Å²) < 4.78 is 53.4. The Morgan fingerprint density at radius 1 is 0.812 bits per heavy atom. The second-order valence-corrected chi connectivity index (χ2v) is 4.16. The van der Waals surface area contributed by atoms with Crippen LogP contribution in [0, 0.1) is 29.2 Å². The first-order valence-electron chi connectivity index (χ1n) is 5.23. The van der Waals surface area contributed by atoms with Crippen molar-refractivity contribution >= 4 is 0 Å². The second-order valence-electron chi connectivity index (χ2n) is 4.16. The van der Waals surface area contributed by atoms with Crippen molar-refractivity contribution in [1.82, 2.24) is 0 Å². The first-order valence-corrected chi connectivity index (χ1v) is 5.23. The van der Waals surface area contributed by atoms with Crippen LogP contribution >= 0.6 is 0 Å². The maximum Gasteiger partial charge on any atom is 0.195 e. The Bertz CT molecular complexity index is 397. The lowest BCUT2D eigenvalue weighted by atomic mass is 9.98. The van der Waals surface area contributed by atoms with Gasteiger partial charge in [0.15, 0.2) is 17.5 Å². The normalized spacial score (nSPS) is 11.2. The Hall–Kier alpha value is -1.06. The third kappa shape index (κ3) is 2.20. The molecule has 0 saturated heterocycles. The molecule has 0 aromatic heterocycles. The number of hydrogen-bond acceptors (Lipinski definition) is 0. The van der Waals surface area contributed by atoms with Gasteiger partial charge in [0.2, 0.25) is 0 Å². The molecule has 1 aromatic carbocycles. The molecule has 0 bridgehead atoms. The fraction of sp³-hybridized carbons (Fsp3) is 0.500. The van der Waals surface area contributed by atoms with Gasteiger partial charge in [0.25, 0.3) is 0 Å². The maximum atomic E-state index is 13.7. The molecular weight excluding hydrogens is 220 g/mol. The summed E-state index contributed by atoms with van der Waals surface area (Å²) in [4.78, 5) is 0. The molecule has 0 saturated carbocycles. The van der Waals surface area contributed by atoms with Gasteiger partial charge in [0, 0.05) is 11.1 Å². The molecule has 0 fully saturated rings. The van der Waals surface area contributed by atoms with Crippen LogP contribution in [-0.4, -0.2) is 0 Å². The van der Waals surface area contributed by atoms with Crippen molar-refractivity contribution in [3.63, 3.8) is 0 Å². The summed E-state index contributed by atoms with van der Waals surface area (Å²) in [6.07, 6.45) is 0.0574. The van der Waals surface area contributed by atoms with E-state index in [9.17, 15) is 17.6 Å². The average Bonchev–Trinajstić information content (AvgIpc) is 2.22. The van der Waals surface area contributed by atoms with E-state index < -0.39 is 23.3 Å². The predicted octanol–water partition coefficient (Wildman–Crippen LogP) is 4.00. The first-order chi connectivity index (χ1) is 7.40. The van der Waals surface area contributed by atoms with Gasteiger partial charge in [-0.2, -0.15) is 0 Å². The van der Waals surface area contributed by atoms with Crippen molar-refractivity contribution in [1.29, 1.82) is 0 Å². The zero-order valence-corrected chi connectivity index (χ0v) is 9.50. The molecule has 0 nitrogen and oxygen atoms in total. The Kier molecular flexibility index (Phi) is 3.94. The largest absolute Gasteiger partial charge is 0.206 e. The van der Waals surface area contributed by atoms with E-state index in [0.717, 1.165) is 0 Å². The van der Waals surface area contributed by atoms with Crippen LogP contribution < -0.4 is 0 Å². The molecule has 0 aliphatic rings. The number of rotatable bonds is 3. The number of hydrogen-bond donors (Lipinski definition) is 0.